The van der Waals surface area contributed by atoms with Gasteiger partial charge in [-0.25, -0.2) is 4.98 Å². The Hall–Kier alpha value is -0.640. The van der Waals surface area contributed by atoms with Crippen molar-refractivity contribution in [3.8, 4) is 0 Å². The quantitative estimate of drug-likeness (QED) is 0.747. The van der Waals surface area contributed by atoms with Crippen molar-refractivity contribution in [3.05, 3.63) is 11.9 Å². The van der Waals surface area contributed by atoms with E-state index in [2.05, 4.69) is 15.7 Å². The Balaban J connectivity index is 2.18. The first-order valence-corrected chi connectivity index (χ1v) is 5.81. The van der Waals surface area contributed by atoms with E-state index in [0.29, 0.717) is 12.0 Å². The summed E-state index contributed by atoms with van der Waals surface area (Å²) in [5.41, 5.74) is 6.84. The van der Waals surface area contributed by atoms with Crippen molar-refractivity contribution in [2.24, 2.45) is 0 Å². The molecule has 0 bridgehead atoms. The molecule has 2 rings (SSSR count). The first kappa shape index (κ1) is 8.94. The zero-order valence-electron chi connectivity index (χ0n) is 7.86. The molecule has 0 aliphatic carbocycles. The van der Waals surface area contributed by atoms with Gasteiger partial charge in [-0.15, -0.1) is 0 Å². The normalized spacial score (nSPS) is 23.3. The predicted octanol–water partition coefficient (Wildman–Crippen LogP) is 1.84. The van der Waals surface area contributed by atoms with Crippen LogP contribution in [0.15, 0.2) is 6.20 Å². The summed E-state index contributed by atoms with van der Waals surface area (Å²) >= 11 is 2.01. The van der Waals surface area contributed by atoms with Crippen LogP contribution in [0.4, 0.5) is 5.95 Å². The molecule has 2 N–H and O–H groups in total. The largest absolute Gasteiger partial charge is 0.369 e. The average molecular weight is 197 g/mol. The fourth-order valence-corrected chi connectivity index (χ4v) is 2.91. The Morgan fingerprint density at radius 3 is 3.08 bits per heavy atom. The monoisotopic (exact) mass is 197 g/mol. The summed E-state index contributed by atoms with van der Waals surface area (Å²) in [6.07, 6.45) is 4.60. The van der Waals surface area contributed by atoms with Crippen LogP contribution < -0.4 is 5.73 Å². The number of nitrogens with zero attached hydrogens (tertiary/aromatic N) is 2. The highest BCUT2D eigenvalue weighted by Crippen LogP contribution is 2.28. The minimum Gasteiger partial charge on any atom is -0.369 e. The van der Waals surface area contributed by atoms with Gasteiger partial charge >= 0.3 is 0 Å². The molecule has 0 spiro atoms. The molecule has 0 amide bonds. The molecule has 1 fully saturated rings. The number of rotatable bonds is 1. The van der Waals surface area contributed by atoms with Crippen LogP contribution >= 0.6 is 11.8 Å². The summed E-state index contributed by atoms with van der Waals surface area (Å²) in [5, 5.41) is 0. The Bertz CT molecular complexity index is 289. The van der Waals surface area contributed by atoms with E-state index >= 15 is 0 Å². The predicted molar refractivity (Wildman–Crippen MR) is 57.0 cm³/mol. The van der Waals surface area contributed by atoms with Crippen molar-refractivity contribution in [1.82, 2.24) is 9.55 Å². The maximum absolute atomic E-state index is 5.81. The maximum Gasteiger partial charge on any atom is 0.200 e. The van der Waals surface area contributed by atoms with E-state index in [1.54, 1.807) is 0 Å². The third-order valence-corrected chi connectivity index (χ3v) is 3.61. The second-order valence-electron chi connectivity index (χ2n) is 3.52. The number of anilines is 1. The Morgan fingerprint density at radius 1 is 1.69 bits per heavy atom. The van der Waals surface area contributed by atoms with Crippen molar-refractivity contribution in [1.29, 1.82) is 0 Å². The van der Waals surface area contributed by atoms with Crippen LogP contribution in [0.1, 0.15) is 24.6 Å². The molecule has 1 atom stereocenters. The molecule has 0 radical (unpaired) electrons. The van der Waals surface area contributed by atoms with Gasteiger partial charge in [-0.2, -0.15) is 11.8 Å². The van der Waals surface area contributed by atoms with Crippen molar-refractivity contribution >= 4 is 17.7 Å². The van der Waals surface area contributed by atoms with E-state index in [1.807, 2.05) is 18.7 Å². The van der Waals surface area contributed by atoms with Gasteiger partial charge in [0.05, 0.1) is 5.69 Å². The van der Waals surface area contributed by atoms with Gasteiger partial charge in [-0.1, -0.05) is 0 Å². The molecule has 1 aliphatic rings. The molecule has 0 saturated carbocycles. The number of thioether (sulfide) groups is 1. The highest BCUT2D eigenvalue weighted by molar-refractivity contribution is 7.99. The molecule has 1 aromatic heterocycles. The Labute approximate surface area is 82.7 Å². The summed E-state index contributed by atoms with van der Waals surface area (Å²) in [6, 6.07) is 0.569. The second-order valence-corrected chi connectivity index (χ2v) is 4.67. The van der Waals surface area contributed by atoms with Gasteiger partial charge in [-0.3, -0.25) is 0 Å². The van der Waals surface area contributed by atoms with E-state index in [0.717, 1.165) is 5.69 Å². The molecule has 1 aromatic rings. The SMILES string of the molecule is Cc1cn(C2CCCSC2)c(N)n1. The number of hydrogen-bond donors (Lipinski definition) is 1. The summed E-state index contributed by atoms with van der Waals surface area (Å²) in [6.45, 7) is 1.99. The lowest BCUT2D eigenvalue weighted by atomic mass is 10.2. The van der Waals surface area contributed by atoms with Crippen molar-refractivity contribution in [2.45, 2.75) is 25.8 Å². The summed E-state index contributed by atoms with van der Waals surface area (Å²) in [7, 11) is 0. The first-order chi connectivity index (χ1) is 6.27. The summed E-state index contributed by atoms with van der Waals surface area (Å²) in [4.78, 5) is 4.22. The Morgan fingerprint density at radius 2 is 2.54 bits per heavy atom. The van der Waals surface area contributed by atoms with Crippen LogP contribution in [0.5, 0.6) is 0 Å². The summed E-state index contributed by atoms with van der Waals surface area (Å²) < 4.78 is 2.13. The fourth-order valence-electron chi connectivity index (χ4n) is 1.77. The van der Waals surface area contributed by atoms with Crippen molar-refractivity contribution in [2.75, 3.05) is 17.2 Å². The number of aryl methyl sites for hydroxylation is 1. The number of nitrogens with two attached hydrogens (primary N) is 1. The molecular formula is C9H15N3S. The van der Waals surface area contributed by atoms with Gasteiger partial charge in [0.15, 0.2) is 0 Å². The molecule has 4 heteroatoms. The first-order valence-electron chi connectivity index (χ1n) is 4.66. The molecule has 0 aromatic carbocycles. The van der Waals surface area contributed by atoms with E-state index in [-0.39, 0.29) is 0 Å². The minimum atomic E-state index is 0.569. The molecule has 72 valence electrons. The highest BCUT2D eigenvalue weighted by Gasteiger charge is 2.17. The van der Waals surface area contributed by atoms with Crippen LogP contribution in [0.3, 0.4) is 0 Å². The standard InChI is InChI=1S/C9H15N3S/c1-7-5-12(9(10)11-7)8-3-2-4-13-6-8/h5,8H,2-4,6H2,1H3,(H2,10,11). The minimum absolute atomic E-state index is 0.569. The van der Waals surface area contributed by atoms with Gasteiger partial charge in [0.2, 0.25) is 5.95 Å². The van der Waals surface area contributed by atoms with E-state index in [1.165, 1.54) is 24.3 Å². The molecule has 1 aliphatic heterocycles. The lowest BCUT2D eigenvalue weighted by Gasteiger charge is -2.23. The topological polar surface area (TPSA) is 43.8 Å². The molecule has 1 unspecified atom stereocenters. The summed E-state index contributed by atoms with van der Waals surface area (Å²) in [5.74, 6) is 3.15. The smallest absolute Gasteiger partial charge is 0.200 e. The van der Waals surface area contributed by atoms with Crippen LogP contribution in [0.25, 0.3) is 0 Å². The zero-order valence-corrected chi connectivity index (χ0v) is 8.68. The molecule has 1 saturated heterocycles. The molecule has 2 heterocycles. The van der Waals surface area contributed by atoms with Crippen LogP contribution in [-0.4, -0.2) is 21.1 Å². The Kier molecular flexibility index (Phi) is 2.49. The van der Waals surface area contributed by atoms with E-state index in [9.17, 15) is 0 Å². The van der Waals surface area contributed by atoms with Gasteiger partial charge in [-0.05, 0) is 25.5 Å². The lowest BCUT2D eigenvalue weighted by molar-refractivity contribution is 0.505. The van der Waals surface area contributed by atoms with E-state index in [4.69, 9.17) is 5.73 Å². The molecular weight excluding hydrogens is 182 g/mol. The van der Waals surface area contributed by atoms with Gasteiger partial charge in [0.1, 0.15) is 0 Å². The third kappa shape index (κ3) is 1.82. The number of imidazole rings is 1. The third-order valence-electron chi connectivity index (χ3n) is 2.41. The van der Waals surface area contributed by atoms with Crippen molar-refractivity contribution in [3.63, 3.8) is 0 Å². The van der Waals surface area contributed by atoms with Gasteiger partial charge < -0.3 is 10.3 Å². The fraction of sp³-hybridized carbons (Fsp3) is 0.667. The van der Waals surface area contributed by atoms with Crippen LogP contribution in [0, 0.1) is 6.92 Å². The molecule has 13 heavy (non-hydrogen) atoms. The van der Waals surface area contributed by atoms with E-state index < -0.39 is 0 Å². The highest BCUT2D eigenvalue weighted by atomic mass is 32.2. The average Bonchev–Trinajstić information content (AvgIpc) is 2.47. The number of aromatic nitrogens is 2. The van der Waals surface area contributed by atoms with Crippen LogP contribution in [-0.2, 0) is 0 Å². The number of hydrogen-bond acceptors (Lipinski definition) is 3. The van der Waals surface area contributed by atoms with Gasteiger partial charge in [0.25, 0.3) is 0 Å². The van der Waals surface area contributed by atoms with Gasteiger partial charge in [0, 0.05) is 18.0 Å². The maximum atomic E-state index is 5.81. The lowest BCUT2D eigenvalue weighted by Crippen LogP contribution is -2.17. The van der Waals surface area contributed by atoms with Crippen molar-refractivity contribution < 1.29 is 0 Å². The zero-order chi connectivity index (χ0) is 9.26. The van der Waals surface area contributed by atoms with Crippen LogP contribution in [0.2, 0.25) is 0 Å². The number of nitrogen functional groups attached to an aromatic ring is 1. The molecule has 3 nitrogen and oxygen atoms in total. The second kappa shape index (κ2) is 3.62.